The van der Waals surface area contributed by atoms with Crippen molar-refractivity contribution < 1.29 is 9.53 Å². The van der Waals surface area contributed by atoms with Gasteiger partial charge >= 0.3 is 5.97 Å². The number of nitrogens with zero attached hydrogens (tertiary/aromatic N) is 1. The van der Waals surface area contributed by atoms with Crippen molar-refractivity contribution in [1.82, 2.24) is 0 Å². The number of rotatable bonds is 3. The molecule has 0 atom stereocenters. The van der Waals surface area contributed by atoms with Crippen LogP contribution in [0.25, 0.3) is 0 Å². The zero-order chi connectivity index (χ0) is 9.11. The molecule has 0 saturated carbocycles. The summed E-state index contributed by atoms with van der Waals surface area (Å²) in [5.74, 6) is -0.182. The van der Waals surface area contributed by atoms with Crippen LogP contribution in [-0.4, -0.2) is 12.6 Å². The van der Waals surface area contributed by atoms with E-state index in [0.29, 0.717) is 6.61 Å². The maximum absolute atomic E-state index is 10.1. The SMILES string of the molecule is CC#N.CCCCOC(C)=O. The van der Waals surface area contributed by atoms with Gasteiger partial charge in [0, 0.05) is 13.8 Å². The average molecular weight is 157 g/mol. The number of esters is 1. The molecule has 0 aromatic rings. The summed E-state index contributed by atoms with van der Waals surface area (Å²) in [6.45, 7) is 5.49. The number of nitriles is 1. The maximum atomic E-state index is 10.1. The van der Waals surface area contributed by atoms with E-state index in [-0.39, 0.29) is 5.97 Å². The largest absolute Gasteiger partial charge is 0.466 e. The van der Waals surface area contributed by atoms with Crippen LogP contribution in [0.3, 0.4) is 0 Å². The lowest BCUT2D eigenvalue weighted by Gasteiger charge is -1.96. The Balaban J connectivity index is 0. The molecule has 0 aromatic heterocycles. The van der Waals surface area contributed by atoms with Crippen LogP contribution in [-0.2, 0) is 9.53 Å². The van der Waals surface area contributed by atoms with E-state index >= 15 is 0 Å². The number of hydrogen-bond acceptors (Lipinski definition) is 3. The second-order valence-corrected chi connectivity index (χ2v) is 1.92. The summed E-state index contributed by atoms with van der Waals surface area (Å²) in [7, 11) is 0. The first-order chi connectivity index (χ1) is 5.18. The third kappa shape index (κ3) is 27.7. The van der Waals surface area contributed by atoms with Gasteiger partial charge in [-0.05, 0) is 6.42 Å². The van der Waals surface area contributed by atoms with E-state index in [2.05, 4.69) is 11.7 Å². The fraction of sp³-hybridized carbons (Fsp3) is 0.750. The first-order valence-corrected chi connectivity index (χ1v) is 3.63. The summed E-state index contributed by atoms with van der Waals surface area (Å²) in [6, 6.07) is 1.75. The third-order valence-corrected chi connectivity index (χ3v) is 0.803. The van der Waals surface area contributed by atoms with Gasteiger partial charge in [0.05, 0.1) is 12.7 Å². The Morgan fingerprint density at radius 3 is 2.36 bits per heavy atom. The molecule has 0 N–H and O–H groups in total. The van der Waals surface area contributed by atoms with Gasteiger partial charge in [-0.15, -0.1) is 0 Å². The molecule has 0 radical (unpaired) electrons. The summed E-state index contributed by atoms with van der Waals surface area (Å²) < 4.78 is 4.64. The Labute approximate surface area is 68.0 Å². The van der Waals surface area contributed by atoms with Crippen LogP contribution < -0.4 is 0 Å². The zero-order valence-electron chi connectivity index (χ0n) is 7.39. The van der Waals surface area contributed by atoms with Crippen molar-refractivity contribution in [1.29, 1.82) is 5.26 Å². The Kier molecular flexibility index (Phi) is 13.4. The van der Waals surface area contributed by atoms with E-state index < -0.39 is 0 Å². The summed E-state index contributed by atoms with van der Waals surface area (Å²) in [6.07, 6.45) is 2.05. The number of carbonyl (C=O) groups is 1. The molecule has 0 fully saturated rings. The van der Waals surface area contributed by atoms with Crippen molar-refractivity contribution in [3.8, 4) is 6.07 Å². The van der Waals surface area contributed by atoms with Gasteiger partial charge in [-0.2, -0.15) is 5.26 Å². The summed E-state index contributed by atoms with van der Waals surface area (Å²) in [5.41, 5.74) is 0. The number of hydrogen-bond donors (Lipinski definition) is 0. The van der Waals surface area contributed by atoms with Crippen LogP contribution in [0, 0.1) is 11.3 Å². The summed E-state index contributed by atoms with van der Waals surface area (Å²) in [4.78, 5) is 10.1. The van der Waals surface area contributed by atoms with Gasteiger partial charge in [0.25, 0.3) is 0 Å². The van der Waals surface area contributed by atoms with Crippen LogP contribution >= 0.6 is 0 Å². The van der Waals surface area contributed by atoms with E-state index in [1.165, 1.54) is 13.8 Å². The minimum Gasteiger partial charge on any atom is -0.466 e. The molecule has 0 aliphatic heterocycles. The van der Waals surface area contributed by atoms with Crippen LogP contribution in [0.2, 0.25) is 0 Å². The summed E-state index contributed by atoms with van der Waals surface area (Å²) in [5, 5.41) is 7.32. The van der Waals surface area contributed by atoms with Gasteiger partial charge in [0.2, 0.25) is 0 Å². The number of carbonyl (C=O) groups excluding carboxylic acids is 1. The Morgan fingerprint density at radius 1 is 1.64 bits per heavy atom. The van der Waals surface area contributed by atoms with Crippen molar-refractivity contribution in [3.63, 3.8) is 0 Å². The standard InChI is InChI=1S/C6H12O2.C2H3N/c1-3-4-5-8-6(2)7;1-2-3/h3-5H2,1-2H3;1H3. The van der Waals surface area contributed by atoms with Gasteiger partial charge in [-0.3, -0.25) is 4.79 Å². The molecule has 0 spiro atoms. The van der Waals surface area contributed by atoms with Gasteiger partial charge in [0.15, 0.2) is 0 Å². The van der Waals surface area contributed by atoms with Crippen LogP contribution in [0.1, 0.15) is 33.6 Å². The molecule has 0 saturated heterocycles. The van der Waals surface area contributed by atoms with Gasteiger partial charge in [-0.1, -0.05) is 13.3 Å². The first-order valence-electron chi connectivity index (χ1n) is 3.63. The quantitative estimate of drug-likeness (QED) is 0.464. The van der Waals surface area contributed by atoms with Crippen molar-refractivity contribution >= 4 is 5.97 Å². The smallest absolute Gasteiger partial charge is 0.302 e. The highest BCUT2D eigenvalue weighted by Crippen LogP contribution is 1.86. The maximum Gasteiger partial charge on any atom is 0.302 e. The normalized spacial score (nSPS) is 7.09. The molecule has 3 nitrogen and oxygen atoms in total. The molecule has 64 valence electrons. The molecule has 0 unspecified atom stereocenters. The number of ether oxygens (including phenoxy) is 1. The fourth-order valence-corrected chi connectivity index (χ4v) is 0.360. The Bertz CT molecular complexity index is 127. The third-order valence-electron chi connectivity index (χ3n) is 0.803. The van der Waals surface area contributed by atoms with Crippen LogP contribution in [0.15, 0.2) is 0 Å². The van der Waals surface area contributed by atoms with Crippen LogP contribution in [0.4, 0.5) is 0 Å². The number of unbranched alkanes of at least 4 members (excludes halogenated alkanes) is 1. The van der Waals surface area contributed by atoms with Gasteiger partial charge < -0.3 is 4.74 Å². The molecule has 0 aromatic carbocycles. The molecular weight excluding hydrogens is 142 g/mol. The molecule has 11 heavy (non-hydrogen) atoms. The lowest BCUT2D eigenvalue weighted by Crippen LogP contribution is -1.99. The van der Waals surface area contributed by atoms with E-state index in [0.717, 1.165) is 12.8 Å². The monoisotopic (exact) mass is 157 g/mol. The lowest BCUT2D eigenvalue weighted by atomic mass is 10.4. The van der Waals surface area contributed by atoms with Crippen molar-refractivity contribution in [2.45, 2.75) is 33.6 Å². The second kappa shape index (κ2) is 11.7. The predicted octanol–water partition coefficient (Wildman–Crippen LogP) is 1.88. The summed E-state index contributed by atoms with van der Waals surface area (Å²) >= 11 is 0. The minimum atomic E-state index is -0.182. The highest BCUT2D eigenvalue weighted by Gasteiger charge is 1.88. The first kappa shape index (κ1) is 12.6. The molecule has 0 bridgehead atoms. The fourth-order valence-electron chi connectivity index (χ4n) is 0.360. The molecule has 0 amide bonds. The molecule has 3 heteroatoms. The van der Waals surface area contributed by atoms with Gasteiger partial charge in [-0.25, -0.2) is 0 Å². The average Bonchev–Trinajstić information content (AvgIpc) is 1.89. The van der Waals surface area contributed by atoms with E-state index in [4.69, 9.17) is 5.26 Å². The minimum absolute atomic E-state index is 0.182. The lowest BCUT2D eigenvalue weighted by molar-refractivity contribution is -0.141. The topological polar surface area (TPSA) is 50.1 Å². The van der Waals surface area contributed by atoms with E-state index in [1.807, 2.05) is 0 Å². The molecule has 0 aliphatic carbocycles. The van der Waals surface area contributed by atoms with E-state index in [1.54, 1.807) is 6.07 Å². The highest BCUT2D eigenvalue weighted by atomic mass is 16.5. The molecule has 0 heterocycles. The Morgan fingerprint density at radius 2 is 2.09 bits per heavy atom. The predicted molar refractivity (Wildman–Crippen MR) is 42.8 cm³/mol. The van der Waals surface area contributed by atoms with Crippen LogP contribution in [0.5, 0.6) is 0 Å². The van der Waals surface area contributed by atoms with Crippen molar-refractivity contribution in [2.24, 2.45) is 0 Å². The molecule has 0 aliphatic rings. The zero-order valence-corrected chi connectivity index (χ0v) is 7.39. The van der Waals surface area contributed by atoms with Gasteiger partial charge in [0.1, 0.15) is 0 Å². The van der Waals surface area contributed by atoms with E-state index in [9.17, 15) is 4.79 Å². The molecule has 0 rings (SSSR count). The van der Waals surface area contributed by atoms with Crippen molar-refractivity contribution in [2.75, 3.05) is 6.61 Å². The second-order valence-electron chi connectivity index (χ2n) is 1.92. The molecular formula is C8H15NO2. The van der Waals surface area contributed by atoms with Crippen molar-refractivity contribution in [3.05, 3.63) is 0 Å². The highest BCUT2D eigenvalue weighted by molar-refractivity contribution is 5.65. The Hall–Kier alpha value is -1.04.